The lowest BCUT2D eigenvalue weighted by molar-refractivity contribution is -0.135. The van der Waals surface area contributed by atoms with E-state index in [2.05, 4.69) is 12.2 Å². The smallest absolute Gasteiger partial charge is 0.244 e. The van der Waals surface area contributed by atoms with E-state index in [1.54, 1.807) is 6.07 Å². The molecule has 0 bridgehead atoms. The van der Waals surface area contributed by atoms with Gasteiger partial charge in [0.1, 0.15) is 12.0 Å². The van der Waals surface area contributed by atoms with Gasteiger partial charge in [0.05, 0.1) is 5.54 Å². The van der Waals surface area contributed by atoms with Crippen molar-refractivity contribution < 1.29 is 9.18 Å². The summed E-state index contributed by atoms with van der Waals surface area (Å²) in [5.74, 6) is -0.172. The molecule has 110 valence electrons. The summed E-state index contributed by atoms with van der Waals surface area (Å²) in [7, 11) is 0. The van der Waals surface area contributed by atoms with Crippen LogP contribution in [0, 0.1) is 5.82 Å². The summed E-state index contributed by atoms with van der Waals surface area (Å²) in [5.41, 5.74) is 0.233. The van der Waals surface area contributed by atoms with Crippen LogP contribution in [0.2, 0.25) is 0 Å². The maximum atomic E-state index is 13.5. The van der Waals surface area contributed by atoms with E-state index >= 15 is 0 Å². The second-order valence-electron chi connectivity index (χ2n) is 5.76. The Morgan fingerprint density at radius 1 is 1.45 bits per heavy atom. The minimum Gasteiger partial charge on any atom is -0.319 e. The fourth-order valence-corrected chi connectivity index (χ4v) is 2.66. The zero-order valence-corrected chi connectivity index (χ0v) is 12.6. The molecular weight excluding hydrogens is 255 g/mol. The zero-order valence-electron chi connectivity index (χ0n) is 12.6. The minimum absolute atomic E-state index is 0.101. The Labute approximate surface area is 120 Å². The molecule has 20 heavy (non-hydrogen) atoms. The Hall–Kier alpha value is -1.42. The average Bonchev–Trinajstić information content (AvgIpc) is 2.71. The van der Waals surface area contributed by atoms with Crippen LogP contribution in [-0.4, -0.2) is 22.4 Å². The first kappa shape index (κ1) is 15.0. The summed E-state index contributed by atoms with van der Waals surface area (Å²) in [6.45, 7) is 8.01. The van der Waals surface area contributed by atoms with Gasteiger partial charge in [0, 0.05) is 6.04 Å². The van der Waals surface area contributed by atoms with Gasteiger partial charge in [-0.15, -0.1) is 0 Å². The van der Waals surface area contributed by atoms with Crippen molar-refractivity contribution in [3.8, 4) is 0 Å². The fraction of sp³-hybridized carbons (Fsp3) is 0.562. The average molecular weight is 278 g/mol. The van der Waals surface area contributed by atoms with Crippen molar-refractivity contribution in [2.75, 3.05) is 0 Å². The van der Waals surface area contributed by atoms with Gasteiger partial charge in [-0.05, 0) is 44.4 Å². The largest absolute Gasteiger partial charge is 0.319 e. The number of nitrogens with one attached hydrogen (secondary N) is 1. The maximum Gasteiger partial charge on any atom is 0.244 e. The van der Waals surface area contributed by atoms with Crippen molar-refractivity contribution in [1.82, 2.24) is 10.2 Å². The second-order valence-corrected chi connectivity index (χ2v) is 5.76. The molecule has 0 radical (unpaired) electrons. The van der Waals surface area contributed by atoms with Crippen LogP contribution in [0.5, 0.6) is 0 Å². The Morgan fingerprint density at radius 3 is 2.70 bits per heavy atom. The monoisotopic (exact) mass is 278 g/mol. The van der Waals surface area contributed by atoms with Gasteiger partial charge >= 0.3 is 0 Å². The zero-order chi connectivity index (χ0) is 14.9. The third-order valence-electron chi connectivity index (χ3n) is 4.38. The molecule has 1 fully saturated rings. The van der Waals surface area contributed by atoms with Crippen LogP contribution in [0.25, 0.3) is 0 Å². The molecule has 1 aromatic carbocycles. The molecule has 0 aromatic heterocycles. The van der Waals surface area contributed by atoms with Crippen LogP contribution in [0.1, 0.15) is 52.3 Å². The SMILES string of the molecule is CCC(C)N1C(=O)C(C)(CC)NC1c1cccc(F)c1. The van der Waals surface area contributed by atoms with E-state index in [-0.39, 0.29) is 23.9 Å². The Morgan fingerprint density at radius 2 is 2.15 bits per heavy atom. The summed E-state index contributed by atoms with van der Waals surface area (Å²) in [5, 5.41) is 3.39. The number of carbonyl (C=O) groups is 1. The lowest BCUT2D eigenvalue weighted by atomic mass is 9.99. The van der Waals surface area contributed by atoms with E-state index in [1.165, 1.54) is 12.1 Å². The van der Waals surface area contributed by atoms with Crippen LogP contribution >= 0.6 is 0 Å². The summed E-state index contributed by atoms with van der Waals surface area (Å²) in [6.07, 6.45) is 1.34. The Bertz CT molecular complexity index is 505. The molecule has 1 saturated heterocycles. The van der Waals surface area contributed by atoms with Crippen molar-refractivity contribution in [2.45, 2.75) is 58.3 Å². The van der Waals surface area contributed by atoms with Crippen LogP contribution in [0.4, 0.5) is 4.39 Å². The number of hydrogen-bond acceptors (Lipinski definition) is 2. The maximum absolute atomic E-state index is 13.5. The van der Waals surface area contributed by atoms with E-state index < -0.39 is 5.54 Å². The summed E-state index contributed by atoms with van der Waals surface area (Å²) >= 11 is 0. The van der Waals surface area contributed by atoms with E-state index in [1.807, 2.05) is 31.7 Å². The van der Waals surface area contributed by atoms with Gasteiger partial charge in [-0.1, -0.05) is 26.0 Å². The van der Waals surface area contributed by atoms with Gasteiger partial charge in [-0.25, -0.2) is 4.39 Å². The molecule has 0 spiro atoms. The first-order valence-corrected chi connectivity index (χ1v) is 7.29. The predicted octanol–water partition coefficient (Wildman–Crippen LogP) is 3.22. The van der Waals surface area contributed by atoms with Crippen LogP contribution < -0.4 is 5.32 Å². The first-order chi connectivity index (χ1) is 9.42. The Kier molecular flexibility index (Phi) is 4.14. The van der Waals surface area contributed by atoms with Crippen molar-refractivity contribution in [2.24, 2.45) is 0 Å². The van der Waals surface area contributed by atoms with Crippen LogP contribution in [-0.2, 0) is 4.79 Å². The van der Waals surface area contributed by atoms with Crippen molar-refractivity contribution >= 4 is 5.91 Å². The third-order valence-corrected chi connectivity index (χ3v) is 4.38. The number of carbonyl (C=O) groups excluding carboxylic acids is 1. The molecule has 3 atom stereocenters. The molecule has 1 amide bonds. The lowest BCUT2D eigenvalue weighted by Gasteiger charge is -2.30. The molecule has 4 heteroatoms. The van der Waals surface area contributed by atoms with Gasteiger partial charge in [0.2, 0.25) is 5.91 Å². The minimum atomic E-state index is -0.569. The summed E-state index contributed by atoms with van der Waals surface area (Å²) < 4.78 is 13.5. The molecule has 1 aliphatic rings. The predicted molar refractivity (Wildman–Crippen MR) is 77.6 cm³/mol. The number of hydrogen-bond donors (Lipinski definition) is 1. The number of nitrogens with zero attached hydrogens (tertiary/aromatic N) is 1. The van der Waals surface area contributed by atoms with Gasteiger partial charge in [0.25, 0.3) is 0 Å². The van der Waals surface area contributed by atoms with Crippen molar-refractivity contribution in [1.29, 1.82) is 0 Å². The standard InChI is InChI=1S/C16H23FN2O/c1-5-11(3)19-14(12-8-7-9-13(17)10-12)18-16(4,6-2)15(19)20/h7-11,14,18H,5-6H2,1-4H3. The van der Waals surface area contributed by atoms with Gasteiger partial charge < -0.3 is 4.90 Å². The van der Waals surface area contributed by atoms with Gasteiger partial charge in [0.15, 0.2) is 0 Å². The van der Waals surface area contributed by atoms with Crippen LogP contribution in [0.15, 0.2) is 24.3 Å². The molecule has 1 aromatic rings. The summed E-state index contributed by atoms with van der Waals surface area (Å²) in [6, 6.07) is 6.60. The van der Waals surface area contributed by atoms with Gasteiger partial charge in [-0.3, -0.25) is 10.1 Å². The number of halogens is 1. The quantitative estimate of drug-likeness (QED) is 0.917. The normalized spacial score (nSPS) is 27.9. The Balaban J connectivity index is 2.42. The number of benzene rings is 1. The summed E-state index contributed by atoms with van der Waals surface area (Å²) in [4.78, 5) is 14.6. The highest BCUT2D eigenvalue weighted by Crippen LogP contribution is 2.34. The van der Waals surface area contributed by atoms with E-state index in [0.717, 1.165) is 12.0 Å². The van der Waals surface area contributed by atoms with E-state index in [9.17, 15) is 9.18 Å². The fourth-order valence-electron chi connectivity index (χ4n) is 2.66. The van der Waals surface area contributed by atoms with Crippen molar-refractivity contribution in [3.05, 3.63) is 35.6 Å². The molecule has 2 rings (SSSR count). The molecular formula is C16H23FN2O. The highest BCUT2D eigenvalue weighted by molar-refractivity contribution is 5.88. The highest BCUT2D eigenvalue weighted by atomic mass is 19.1. The topological polar surface area (TPSA) is 32.3 Å². The van der Waals surface area contributed by atoms with Crippen molar-refractivity contribution in [3.63, 3.8) is 0 Å². The molecule has 0 saturated carbocycles. The number of rotatable bonds is 4. The first-order valence-electron chi connectivity index (χ1n) is 7.29. The van der Waals surface area contributed by atoms with Gasteiger partial charge in [-0.2, -0.15) is 0 Å². The third kappa shape index (κ3) is 2.44. The number of amides is 1. The molecule has 0 aliphatic carbocycles. The lowest BCUT2D eigenvalue weighted by Crippen LogP contribution is -2.44. The highest BCUT2D eigenvalue weighted by Gasteiger charge is 2.48. The van der Waals surface area contributed by atoms with Crippen LogP contribution in [0.3, 0.4) is 0 Å². The molecule has 1 heterocycles. The molecule has 3 nitrogen and oxygen atoms in total. The molecule has 1 N–H and O–H groups in total. The van der Waals surface area contributed by atoms with E-state index in [0.29, 0.717) is 6.42 Å². The molecule has 3 unspecified atom stereocenters. The second kappa shape index (κ2) is 5.52. The molecule has 1 aliphatic heterocycles. The van der Waals surface area contributed by atoms with E-state index in [4.69, 9.17) is 0 Å².